The van der Waals surface area contributed by atoms with Crippen LogP contribution in [0.3, 0.4) is 0 Å². The van der Waals surface area contributed by atoms with Crippen LogP contribution in [0.2, 0.25) is 0 Å². The molecule has 0 spiro atoms. The molecule has 0 aliphatic carbocycles. The fourth-order valence-corrected chi connectivity index (χ4v) is 2.04. The van der Waals surface area contributed by atoms with Gasteiger partial charge in [0.15, 0.2) is 0 Å². The molecule has 0 saturated carbocycles. The van der Waals surface area contributed by atoms with Crippen molar-refractivity contribution in [3.8, 4) is 0 Å². The van der Waals surface area contributed by atoms with Gasteiger partial charge < -0.3 is 4.90 Å². The first-order valence-corrected chi connectivity index (χ1v) is 6.95. The molecule has 0 radical (unpaired) electrons. The van der Waals surface area contributed by atoms with Gasteiger partial charge in [-0.25, -0.2) is 5.01 Å². The molecule has 1 aliphatic heterocycles. The number of likely N-dealkylation sites (N-methyl/N-ethyl adjacent to an activating group) is 1. The summed E-state index contributed by atoms with van der Waals surface area (Å²) in [6.07, 6.45) is 6.70. The van der Waals surface area contributed by atoms with Gasteiger partial charge in [-0.2, -0.15) is 0 Å². The van der Waals surface area contributed by atoms with Gasteiger partial charge in [-0.05, 0) is 13.5 Å². The van der Waals surface area contributed by atoms with E-state index < -0.39 is 0 Å². The zero-order chi connectivity index (χ0) is 12.5. The molecular weight excluding hydrogens is 214 g/mol. The summed E-state index contributed by atoms with van der Waals surface area (Å²) in [7, 11) is 2.12. The summed E-state index contributed by atoms with van der Waals surface area (Å²) in [5.74, 6) is 0.186. The second-order valence-electron chi connectivity index (χ2n) is 4.99. The smallest absolute Gasteiger partial charge is 0.234 e. The minimum absolute atomic E-state index is 0.186. The summed E-state index contributed by atoms with van der Waals surface area (Å²) >= 11 is 0. The van der Waals surface area contributed by atoms with Gasteiger partial charge in [0.05, 0.1) is 0 Å². The van der Waals surface area contributed by atoms with Crippen LogP contribution in [0.25, 0.3) is 0 Å². The molecule has 1 rings (SSSR count). The topological polar surface area (TPSA) is 35.6 Å². The molecule has 17 heavy (non-hydrogen) atoms. The average Bonchev–Trinajstić information content (AvgIpc) is 2.32. The maximum atomic E-state index is 11.7. The van der Waals surface area contributed by atoms with E-state index in [1.165, 1.54) is 25.7 Å². The molecule has 1 amide bonds. The van der Waals surface area contributed by atoms with Crippen molar-refractivity contribution in [3.05, 3.63) is 0 Å². The van der Waals surface area contributed by atoms with Crippen molar-refractivity contribution < 1.29 is 4.79 Å². The van der Waals surface area contributed by atoms with Crippen LogP contribution in [-0.2, 0) is 4.79 Å². The third kappa shape index (κ3) is 6.64. The van der Waals surface area contributed by atoms with Crippen LogP contribution in [0.15, 0.2) is 0 Å². The number of nitrogens with zero attached hydrogens (tertiary/aromatic N) is 2. The molecule has 4 nitrogen and oxygen atoms in total. The van der Waals surface area contributed by atoms with Gasteiger partial charge in [0.1, 0.15) is 0 Å². The maximum Gasteiger partial charge on any atom is 0.234 e. The quantitative estimate of drug-likeness (QED) is 0.688. The lowest BCUT2D eigenvalue weighted by molar-refractivity contribution is -0.126. The summed E-state index contributed by atoms with van der Waals surface area (Å²) in [6.45, 7) is 6.17. The van der Waals surface area contributed by atoms with E-state index in [0.29, 0.717) is 6.42 Å². The average molecular weight is 241 g/mol. The van der Waals surface area contributed by atoms with E-state index in [1.54, 1.807) is 0 Å². The number of carbonyl (C=O) groups is 1. The molecular formula is C13H27N3O. The molecule has 0 aromatic rings. The first kappa shape index (κ1) is 14.5. The first-order chi connectivity index (χ1) is 8.22. The van der Waals surface area contributed by atoms with E-state index in [1.807, 2.05) is 5.01 Å². The van der Waals surface area contributed by atoms with Crippen molar-refractivity contribution in [3.63, 3.8) is 0 Å². The van der Waals surface area contributed by atoms with Crippen LogP contribution in [-0.4, -0.2) is 49.0 Å². The number of nitrogens with one attached hydrogen (secondary N) is 1. The van der Waals surface area contributed by atoms with Gasteiger partial charge in [0, 0.05) is 32.6 Å². The van der Waals surface area contributed by atoms with E-state index in [-0.39, 0.29) is 5.91 Å². The summed E-state index contributed by atoms with van der Waals surface area (Å²) < 4.78 is 0. The highest BCUT2D eigenvalue weighted by Crippen LogP contribution is 2.05. The predicted octanol–water partition coefficient (Wildman–Crippen LogP) is 1.63. The Hall–Kier alpha value is -0.610. The summed E-state index contributed by atoms with van der Waals surface area (Å²) in [4.78, 5) is 13.9. The Kier molecular flexibility index (Phi) is 7.21. The number of carbonyl (C=O) groups excluding carboxylic acids is 1. The fourth-order valence-electron chi connectivity index (χ4n) is 2.04. The molecule has 1 N–H and O–H groups in total. The Labute approximate surface area is 105 Å². The van der Waals surface area contributed by atoms with E-state index in [9.17, 15) is 4.79 Å². The van der Waals surface area contributed by atoms with Crippen molar-refractivity contribution in [2.24, 2.45) is 0 Å². The van der Waals surface area contributed by atoms with Crippen molar-refractivity contribution in [1.29, 1.82) is 0 Å². The Balaban J connectivity index is 2.00. The molecule has 0 atom stereocenters. The van der Waals surface area contributed by atoms with Crippen molar-refractivity contribution in [1.82, 2.24) is 15.3 Å². The predicted molar refractivity (Wildman–Crippen MR) is 70.6 cm³/mol. The van der Waals surface area contributed by atoms with Crippen molar-refractivity contribution >= 4 is 5.91 Å². The standard InChI is InChI=1S/C13H27N3O/c1-3-4-5-6-7-8-13(17)14-16-11-9-15(2)10-12-16/h3-12H2,1-2H3,(H,14,17). The zero-order valence-corrected chi connectivity index (χ0v) is 11.4. The Morgan fingerprint density at radius 1 is 1.06 bits per heavy atom. The van der Waals surface area contributed by atoms with Crippen LogP contribution >= 0.6 is 0 Å². The van der Waals surface area contributed by atoms with E-state index >= 15 is 0 Å². The van der Waals surface area contributed by atoms with E-state index in [0.717, 1.165) is 32.6 Å². The molecule has 1 aliphatic rings. The van der Waals surface area contributed by atoms with E-state index in [2.05, 4.69) is 24.3 Å². The molecule has 1 saturated heterocycles. The second kappa shape index (κ2) is 8.48. The van der Waals surface area contributed by atoms with Crippen molar-refractivity contribution in [2.75, 3.05) is 33.2 Å². The molecule has 0 aromatic carbocycles. The number of rotatable bonds is 7. The van der Waals surface area contributed by atoms with Gasteiger partial charge in [0.2, 0.25) is 5.91 Å². The van der Waals surface area contributed by atoms with Gasteiger partial charge in [-0.3, -0.25) is 10.2 Å². The minimum atomic E-state index is 0.186. The number of amides is 1. The number of piperazine rings is 1. The fraction of sp³-hybridized carbons (Fsp3) is 0.923. The second-order valence-corrected chi connectivity index (χ2v) is 4.99. The molecule has 100 valence electrons. The lowest BCUT2D eigenvalue weighted by Gasteiger charge is -2.32. The highest BCUT2D eigenvalue weighted by atomic mass is 16.2. The largest absolute Gasteiger partial charge is 0.304 e. The summed E-state index contributed by atoms with van der Waals surface area (Å²) in [5.41, 5.74) is 3.00. The Bertz CT molecular complexity index is 213. The lowest BCUT2D eigenvalue weighted by atomic mass is 10.1. The third-order valence-electron chi connectivity index (χ3n) is 3.29. The summed E-state index contributed by atoms with van der Waals surface area (Å²) in [5, 5.41) is 2.05. The molecule has 0 bridgehead atoms. The van der Waals surface area contributed by atoms with Gasteiger partial charge in [-0.1, -0.05) is 32.6 Å². The molecule has 0 aromatic heterocycles. The van der Waals surface area contributed by atoms with Gasteiger partial charge in [0.25, 0.3) is 0 Å². The van der Waals surface area contributed by atoms with Crippen LogP contribution in [0, 0.1) is 0 Å². The van der Waals surface area contributed by atoms with Crippen LogP contribution in [0.4, 0.5) is 0 Å². The van der Waals surface area contributed by atoms with Crippen LogP contribution in [0.1, 0.15) is 45.4 Å². The first-order valence-electron chi connectivity index (χ1n) is 6.95. The molecule has 0 unspecified atom stereocenters. The number of hydrogen-bond acceptors (Lipinski definition) is 3. The molecule has 4 heteroatoms. The van der Waals surface area contributed by atoms with Crippen LogP contribution in [0.5, 0.6) is 0 Å². The highest BCUT2D eigenvalue weighted by Gasteiger charge is 2.15. The zero-order valence-electron chi connectivity index (χ0n) is 11.4. The normalized spacial score (nSPS) is 18.2. The summed E-state index contributed by atoms with van der Waals surface area (Å²) in [6, 6.07) is 0. The SMILES string of the molecule is CCCCCCCC(=O)NN1CCN(C)CC1. The lowest BCUT2D eigenvalue weighted by Crippen LogP contribution is -2.52. The number of hydrogen-bond donors (Lipinski definition) is 1. The minimum Gasteiger partial charge on any atom is -0.304 e. The van der Waals surface area contributed by atoms with E-state index in [4.69, 9.17) is 0 Å². The maximum absolute atomic E-state index is 11.7. The van der Waals surface area contributed by atoms with Crippen molar-refractivity contribution in [2.45, 2.75) is 45.4 Å². The Morgan fingerprint density at radius 2 is 1.71 bits per heavy atom. The third-order valence-corrected chi connectivity index (χ3v) is 3.29. The van der Waals surface area contributed by atoms with Crippen LogP contribution < -0.4 is 5.43 Å². The van der Waals surface area contributed by atoms with Gasteiger partial charge in [-0.15, -0.1) is 0 Å². The highest BCUT2D eigenvalue weighted by molar-refractivity contribution is 5.75. The van der Waals surface area contributed by atoms with Gasteiger partial charge >= 0.3 is 0 Å². The number of unbranched alkanes of at least 4 members (excludes halogenated alkanes) is 4. The Morgan fingerprint density at radius 3 is 2.35 bits per heavy atom. The molecule has 1 heterocycles. The molecule has 1 fully saturated rings. The monoisotopic (exact) mass is 241 g/mol. The number of hydrazine groups is 1.